The standard InChI is InChI=1S/C9H12ClN3O3/c1-3-4-5-16-8-7(13(14)15)6(2)11-9(10)12-8/h3-5H2,1-2H3. The monoisotopic (exact) mass is 245 g/mol. The van der Waals surface area contributed by atoms with Gasteiger partial charge in [0.15, 0.2) is 0 Å². The molecule has 1 heterocycles. The molecule has 0 aliphatic carbocycles. The predicted molar refractivity (Wildman–Crippen MR) is 58.8 cm³/mol. The largest absolute Gasteiger partial charge is 0.473 e. The SMILES string of the molecule is CCCCOc1nc(Cl)nc(C)c1[N+](=O)[O-]. The summed E-state index contributed by atoms with van der Waals surface area (Å²) in [6.07, 6.45) is 1.74. The van der Waals surface area contributed by atoms with Crippen molar-refractivity contribution in [3.8, 4) is 5.88 Å². The fourth-order valence-corrected chi connectivity index (χ4v) is 1.34. The Morgan fingerprint density at radius 3 is 2.75 bits per heavy atom. The van der Waals surface area contributed by atoms with Crippen LogP contribution < -0.4 is 4.74 Å². The molecule has 16 heavy (non-hydrogen) atoms. The molecule has 0 spiro atoms. The maximum Gasteiger partial charge on any atom is 0.352 e. The topological polar surface area (TPSA) is 78.2 Å². The Morgan fingerprint density at radius 2 is 2.19 bits per heavy atom. The van der Waals surface area contributed by atoms with Gasteiger partial charge in [-0.25, -0.2) is 4.98 Å². The Hall–Kier alpha value is -1.43. The van der Waals surface area contributed by atoms with E-state index in [0.29, 0.717) is 6.61 Å². The number of aromatic nitrogens is 2. The minimum atomic E-state index is -0.563. The van der Waals surface area contributed by atoms with Crippen molar-refractivity contribution in [3.05, 3.63) is 21.1 Å². The smallest absolute Gasteiger partial charge is 0.352 e. The van der Waals surface area contributed by atoms with Crippen molar-refractivity contribution in [1.82, 2.24) is 9.97 Å². The fraction of sp³-hybridized carbons (Fsp3) is 0.556. The second-order valence-corrected chi connectivity index (χ2v) is 3.53. The lowest BCUT2D eigenvalue weighted by atomic mass is 10.3. The molecular formula is C9H12ClN3O3. The Labute approximate surface area is 97.8 Å². The summed E-state index contributed by atoms with van der Waals surface area (Å²) in [5.74, 6) is -0.0593. The third-order valence-electron chi connectivity index (χ3n) is 1.92. The molecule has 1 rings (SSSR count). The number of hydrogen-bond acceptors (Lipinski definition) is 5. The minimum absolute atomic E-state index is 0.0467. The number of nitrogens with zero attached hydrogens (tertiary/aromatic N) is 3. The highest BCUT2D eigenvalue weighted by molar-refractivity contribution is 6.28. The zero-order valence-electron chi connectivity index (χ0n) is 9.07. The zero-order valence-corrected chi connectivity index (χ0v) is 9.82. The molecule has 0 unspecified atom stereocenters. The first-order chi connectivity index (χ1) is 7.56. The van der Waals surface area contributed by atoms with Crippen LogP contribution in [0.5, 0.6) is 5.88 Å². The van der Waals surface area contributed by atoms with Crippen LogP contribution in [-0.2, 0) is 0 Å². The number of halogens is 1. The molecule has 0 bridgehead atoms. The maximum atomic E-state index is 10.8. The van der Waals surface area contributed by atoms with E-state index in [-0.39, 0.29) is 22.5 Å². The molecule has 0 saturated carbocycles. The van der Waals surface area contributed by atoms with E-state index in [0.717, 1.165) is 12.8 Å². The van der Waals surface area contributed by atoms with Crippen molar-refractivity contribution in [1.29, 1.82) is 0 Å². The highest BCUT2D eigenvalue weighted by Crippen LogP contribution is 2.28. The minimum Gasteiger partial charge on any atom is -0.473 e. The highest BCUT2D eigenvalue weighted by atomic mass is 35.5. The molecule has 0 aromatic carbocycles. The van der Waals surface area contributed by atoms with Crippen LogP contribution in [0.1, 0.15) is 25.5 Å². The van der Waals surface area contributed by atoms with Gasteiger partial charge >= 0.3 is 5.69 Å². The number of hydrogen-bond donors (Lipinski definition) is 0. The molecule has 0 aliphatic rings. The van der Waals surface area contributed by atoms with Crippen molar-refractivity contribution in [2.75, 3.05) is 6.61 Å². The van der Waals surface area contributed by atoms with Crippen LogP contribution in [0.4, 0.5) is 5.69 Å². The molecule has 1 aromatic rings. The molecule has 88 valence electrons. The number of nitro groups is 1. The number of ether oxygens (including phenoxy) is 1. The Bertz CT molecular complexity index is 398. The average molecular weight is 246 g/mol. The van der Waals surface area contributed by atoms with E-state index in [4.69, 9.17) is 16.3 Å². The van der Waals surface area contributed by atoms with E-state index in [9.17, 15) is 10.1 Å². The quantitative estimate of drug-likeness (QED) is 0.345. The Balaban J connectivity index is 2.99. The lowest BCUT2D eigenvalue weighted by molar-refractivity contribution is -0.387. The Morgan fingerprint density at radius 1 is 1.50 bits per heavy atom. The van der Waals surface area contributed by atoms with E-state index in [1.54, 1.807) is 0 Å². The van der Waals surface area contributed by atoms with Gasteiger partial charge in [0.2, 0.25) is 5.28 Å². The number of aryl methyl sites for hydroxylation is 1. The van der Waals surface area contributed by atoms with E-state index in [1.807, 2.05) is 6.92 Å². The molecule has 0 atom stereocenters. The molecule has 0 amide bonds. The Kier molecular flexibility index (Phi) is 4.42. The number of unbranched alkanes of at least 4 members (excludes halogenated alkanes) is 1. The van der Waals surface area contributed by atoms with Crippen LogP contribution in [0, 0.1) is 17.0 Å². The van der Waals surface area contributed by atoms with E-state index in [2.05, 4.69) is 9.97 Å². The van der Waals surface area contributed by atoms with Gasteiger partial charge in [0, 0.05) is 0 Å². The molecule has 6 nitrogen and oxygen atoms in total. The van der Waals surface area contributed by atoms with Crippen LogP contribution in [0.15, 0.2) is 0 Å². The van der Waals surface area contributed by atoms with E-state index < -0.39 is 4.92 Å². The molecule has 0 fully saturated rings. The van der Waals surface area contributed by atoms with Crippen molar-refractivity contribution in [2.45, 2.75) is 26.7 Å². The number of rotatable bonds is 5. The zero-order chi connectivity index (χ0) is 12.1. The summed E-state index contributed by atoms with van der Waals surface area (Å²) in [5, 5.41) is 10.7. The van der Waals surface area contributed by atoms with Crippen LogP contribution in [0.25, 0.3) is 0 Å². The normalized spacial score (nSPS) is 10.2. The molecule has 0 aliphatic heterocycles. The van der Waals surface area contributed by atoms with Gasteiger partial charge in [-0.15, -0.1) is 0 Å². The third kappa shape index (κ3) is 3.03. The lowest BCUT2D eigenvalue weighted by Gasteiger charge is -2.06. The molecule has 0 saturated heterocycles. The van der Waals surface area contributed by atoms with Gasteiger partial charge in [-0.05, 0) is 24.9 Å². The van der Waals surface area contributed by atoms with Crippen molar-refractivity contribution in [3.63, 3.8) is 0 Å². The molecule has 0 radical (unpaired) electrons. The van der Waals surface area contributed by atoms with Crippen molar-refractivity contribution in [2.24, 2.45) is 0 Å². The summed E-state index contributed by atoms with van der Waals surface area (Å²) in [5.41, 5.74) is -0.0167. The van der Waals surface area contributed by atoms with Crippen LogP contribution >= 0.6 is 11.6 Å². The van der Waals surface area contributed by atoms with Gasteiger partial charge < -0.3 is 4.74 Å². The molecular weight excluding hydrogens is 234 g/mol. The van der Waals surface area contributed by atoms with Gasteiger partial charge in [-0.1, -0.05) is 13.3 Å². The second-order valence-electron chi connectivity index (χ2n) is 3.19. The van der Waals surface area contributed by atoms with Gasteiger partial charge in [0.05, 0.1) is 11.5 Å². The van der Waals surface area contributed by atoms with Gasteiger partial charge in [0.25, 0.3) is 5.88 Å². The molecule has 0 N–H and O–H groups in total. The van der Waals surface area contributed by atoms with Gasteiger partial charge in [-0.2, -0.15) is 4.98 Å². The first kappa shape index (κ1) is 12.6. The van der Waals surface area contributed by atoms with Gasteiger partial charge in [-0.3, -0.25) is 10.1 Å². The first-order valence-corrected chi connectivity index (χ1v) is 5.25. The highest BCUT2D eigenvalue weighted by Gasteiger charge is 2.22. The van der Waals surface area contributed by atoms with E-state index in [1.165, 1.54) is 6.92 Å². The summed E-state index contributed by atoms with van der Waals surface area (Å²) >= 11 is 5.61. The molecule has 1 aromatic heterocycles. The summed E-state index contributed by atoms with van der Waals surface area (Å²) in [7, 11) is 0. The summed E-state index contributed by atoms with van der Waals surface area (Å²) in [4.78, 5) is 17.7. The fourth-order valence-electron chi connectivity index (χ4n) is 1.13. The van der Waals surface area contributed by atoms with Crippen molar-refractivity contribution < 1.29 is 9.66 Å². The van der Waals surface area contributed by atoms with Gasteiger partial charge in [0.1, 0.15) is 5.69 Å². The third-order valence-corrected chi connectivity index (χ3v) is 2.09. The average Bonchev–Trinajstić information content (AvgIpc) is 2.16. The predicted octanol–water partition coefficient (Wildman–Crippen LogP) is 2.53. The summed E-state index contributed by atoms with van der Waals surface area (Å²) in [6.45, 7) is 3.87. The lowest BCUT2D eigenvalue weighted by Crippen LogP contribution is -2.05. The maximum absolute atomic E-state index is 10.8. The summed E-state index contributed by atoms with van der Waals surface area (Å²) < 4.78 is 5.22. The van der Waals surface area contributed by atoms with Crippen LogP contribution in [-0.4, -0.2) is 21.5 Å². The van der Waals surface area contributed by atoms with Crippen LogP contribution in [0.3, 0.4) is 0 Å². The second kappa shape index (κ2) is 5.60. The summed E-state index contributed by atoms with van der Waals surface area (Å²) in [6, 6.07) is 0. The molecule has 7 heteroatoms. The van der Waals surface area contributed by atoms with E-state index >= 15 is 0 Å². The van der Waals surface area contributed by atoms with Crippen LogP contribution in [0.2, 0.25) is 5.28 Å². The van der Waals surface area contributed by atoms with Crippen molar-refractivity contribution >= 4 is 17.3 Å². The first-order valence-electron chi connectivity index (χ1n) is 4.87.